The Morgan fingerprint density at radius 1 is 1.24 bits per heavy atom. The number of carboxylic acid groups (broad SMARTS) is 1. The molecule has 1 aromatic heterocycles. The molecule has 1 atom stereocenters. The Bertz CT molecular complexity index is 1280. The summed E-state index contributed by atoms with van der Waals surface area (Å²) in [5.41, 5.74) is 0.941. The van der Waals surface area contributed by atoms with Crippen LogP contribution in [0.3, 0.4) is 0 Å². The van der Waals surface area contributed by atoms with E-state index in [1.807, 2.05) is 42.2 Å². The summed E-state index contributed by atoms with van der Waals surface area (Å²) in [5.74, 6) is -1.90. The normalized spacial score (nSPS) is 16.6. The maximum Gasteiger partial charge on any atom is 0.341 e. The highest BCUT2D eigenvalue weighted by Gasteiger charge is 2.29. The summed E-state index contributed by atoms with van der Waals surface area (Å²) in [4.78, 5) is 28.2. The third-order valence-corrected chi connectivity index (χ3v) is 6.22. The number of nitrogens with zero attached hydrogens (tertiary/aromatic N) is 4. The van der Waals surface area contributed by atoms with Crippen LogP contribution in [0.25, 0.3) is 10.9 Å². The number of rotatable bonds is 6. The third-order valence-electron chi connectivity index (χ3n) is 6.22. The Kier molecular flexibility index (Phi) is 6.43. The van der Waals surface area contributed by atoms with E-state index >= 15 is 4.39 Å². The number of benzene rings is 2. The summed E-state index contributed by atoms with van der Waals surface area (Å²) in [5, 5.41) is 18.8. The van der Waals surface area contributed by atoms with Crippen LogP contribution >= 0.6 is 0 Å². The number of aryl methyl sites for hydroxylation is 1. The number of aromatic nitrogens is 1. The number of aromatic carboxylic acids is 1. The van der Waals surface area contributed by atoms with Gasteiger partial charge in [-0.2, -0.15) is 5.26 Å². The number of hydrogen-bond donors (Lipinski definition) is 1. The molecule has 0 saturated carbocycles. The summed E-state index contributed by atoms with van der Waals surface area (Å²) in [6.07, 6.45) is 1.63. The van der Waals surface area contributed by atoms with Crippen LogP contribution in [0, 0.1) is 17.1 Å². The van der Waals surface area contributed by atoms with E-state index < -0.39 is 17.2 Å². The molecule has 0 amide bonds. The average molecular weight is 448 g/mol. The number of carboxylic acids is 1. The second-order valence-electron chi connectivity index (χ2n) is 8.20. The van der Waals surface area contributed by atoms with E-state index in [0.29, 0.717) is 50.3 Å². The van der Waals surface area contributed by atoms with Gasteiger partial charge in [-0.3, -0.25) is 9.69 Å². The van der Waals surface area contributed by atoms with Crippen LogP contribution in [0.4, 0.5) is 10.1 Å². The zero-order valence-corrected chi connectivity index (χ0v) is 18.4. The van der Waals surface area contributed by atoms with Gasteiger partial charge in [-0.15, -0.1) is 0 Å². The van der Waals surface area contributed by atoms with Crippen molar-refractivity contribution in [2.45, 2.75) is 32.5 Å². The molecule has 0 bridgehead atoms. The van der Waals surface area contributed by atoms with Gasteiger partial charge in [0.2, 0.25) is 5.43 Å². The van der Waals surface area contributed by atoms with E-state index in [1.165, 1.54) is 6.20 Å². The maximum atomic E-state index is 15.2. The number of anilines is 1. The van der Waals surface area contributed by atoms with Crippen molar-refractivity contribution in [2.75, 3.05) is 24.5 Å². The lowest BCUT2D eigenvalue weighted by molar-refractivity contribution is 0.0695. The van der Waals surface area contributed by atoms with Crippen LogP contribution in [0.1, 0.15) is 29.3 Å². The molecule has 8 heteroatoms. The van der Waals surface area contributed by atoms with E-state index in [0.717, 1.165) is 11.6 Å². The fourth-order valence-electron chi connectivity index (χ4n) is 4.49. The summed E-state index contributed by atoms with van der Waals surface area (Å²) >= 11 is 0. The van der Waals surface area contributed by atoms with Crippen molar-refractivity contribution in [3.8, 4) is 6.07 Å². The molecule has 1 aliphatic heterocycles. The van der Waals surface area contributed by atoms with Gasteiger partial charge in [-0.05, 0) is 24.6 Å². The lowest BCUT2D eigenvalue weighted by atomic mass is 10.0. The van der Waals surface area contributed by atoms with Crippen molar-refractivity contribution < 1.29 is 14.3 Å². The fraction of sp³-hybridized carbons (Fsp3) is 0.320. The van der Waals surface area contributed by atoms with E-state index in [2.05, 4.69) is 11.0 Å². The zero-order chi connectivity index (χ0) is 23.5. The van der Waals surface area contributed by atoms with Crippen LogP contribution in [0.2, 0.25) is 0 Å². The van der Waals surface area contributed by atoms with Crippen LogP contribution in [-0.2, 0) is 13.1 Å². The maximum absolute atomic E-state index is 15.2. The molecule has 3 aromatic rings. The minimum absolute atomic E-state index is 0.0503. The second kappa shape index (κ2) is 9.43. The largest absolute Gasteiger partial charge is 0.477 e. The molecule has 33 heavy (non-hydrogen) atoms. The monoisotopic (exact) mass is 448 g/mol. The smallest absolute Gasteiger partial charge is 0.341 e. The highest BCUT2D eigenvalue weighted by molar-refractivity contribution is 5.93. The molecular weight excluding hydrogens is 423 g/mol. The summed E-state index contributed by atoms with van der Waals surface area (Å²) < 4.78 is 16.8. The molecule has 1 unspecified atom stereocenters. The number of pyridine rings is 1. The first kappa shape index (κ1) is 22.5. The van der Waals surface area contributed by atoms with Crippen molar-refractivity contribution >= 4 is 22.6 Å². The highest BCUT2D eigenvalue weighted by atomic mass is 19.1. The minimum atomic E-state index is -1.33. The first-order chi connectivity index (χ1) is 15.9. The van der Waals surface area contributed by atoms with Gasteiger partial charge >= 0.3 is 5.97 Å². The molecule has 1 aliphatic rings. The molecule has 0 aliphatic carbocycles. The molecule has 1 fully saturated rings. The second-order valence-corrected chi connectivity index (χ2v) is 8.20. The SMILES string of the molecule is CCn1cc(C(=O)O)c(=O)c2cc(F)c(N3CCN(Cc4ccccc4)C(CC#N)C3)cc21. The van der Waals surface area contributed by atoms with Crippen molar-refractivity contribution in [1.29, 1.82) is 5.26 Å². The Balaban J connectivity index is 1.68. The Hall–Kier alpha value is -3.70. The van der Waals surface area contributed by atoms with Crippen LogP contribution < -0.4 is 10.3 Å². The van der Waals surface area contributed by atoms with Crippen molar-refractivity contribution in [2.24, 2.45) is 0 Å². The molecule has 1 saturated heterocycles. The average Bonchev–Trinajstić information content (AvgIpc) is 2.81. The van der Waals surface area contributed by atoms with Crippen LogP contribution in [0.15, 0.2) is 53.5 Å². The Morgan fingerprint density at radius 3 is 2.67 bits per heavy atom. The van der Waals surface area contributed by atoms with Crippen LogP contribution in [-0.4, -0.2) is 46.2 Å². The first-order valence-corrected chi connectivity index (χ1v) is 10.9. The van der Waals surface area contributed by atoms with E-state index in [-0.39, 0.29) is 17.0 Å². The summed E-state index contributed by atoms with van der Waals surface area (Å²) in [6, 6.07) is 15.0. The fourth-order valence-corrected chi connectivity index (χ4v) is 4.49. The predicted molar refractivity (Wildman–Crippen MR) is 124 cm³/mol. The predicted octanol–water partition coefficient (Wildman–Crippen LogP) is 3.46. The standard InChI is InChI=1S/C25H25FN4O3/c1-2-28-16-20(25(32)33)24(31)19-12-21(26)23(13-22(19)28)30-11-10-29(18(15-30)8-9-27)14-17-6-4-3-5-7-17/h3-7,12-13,16,18H,2,8,10-11,14-15H2,1H3,(H,32,33). The van der Waals surface area contributed by atoms with E-state index in [9.17, 15) is 20.0 Å². The highest BCUT2D eigenvalue weighted by Crippen LogP contribution is 2.28. The molecule has 1 N–H and O–H groups in total. The molecular formula is C25H25FN4O3. The van der Waals surface area contributed by atoms with Crippen molar-refractivity contribution in [3.05, 3.63) is 75.8 Å². The zero-order valence-electron chi connectivity index (χ0n) is 18.4. The quantitative estimate of drug-likeness (QED) is 0.621. The number of hydrogen-bond acceptors (Lipinski definition) is 5. The number of carbonyl (C=O) groups is 1. The molecule has 4 rings (SSSR count). The topological polar surface area (TPSA) is 89.6 Å². The van der Waals surface area contributed by atoms with Gasteiger partial charge < -0.3 is 14.6 Å². The van der Waals surface area contributed by atoms with Gasteiger partial charge in [-0.1, -0.05) is 30.3 Å². The minimum Gasteiger partial charge on any atom is -0.477 e. The lowest BCUT2D eigenvalue weighted by Crippen LogP contribution is -2.52. The van der Waals surface area contributed by atoms with Gasteiger partial charge in [-0.25, -0.2) is 9.18 Å². The molecule has 7 nitrogen and oxygen atoms in total. The van der Waals surface area contributed by atoms with Crippen LogP contribution in [0.5, 0.6) is 0 Å². The molecule has 0 spiro atoms. The molecule has 170 valence electrons. The molecule has 2 aromatic carbocycles. The molecule has 2 heterocycles. The lowest BCUT2D eigenvalue weighted by Gasteiger charge is -2.42. The van der Waals surface area contributed by atoms with Crippen molar-refractivity contribution in [1.82, 2.24) is 9.47 Å². The number of halogens is 1. The van der Waals surface area contributed by atoms with Gasteiger partial charge in [0.1, 0.15) is 11.4 Å². The number of fused-ring (bicyclic) bond motifs is 1. The van der Waals surface area contributed by atoms with E-state index in [4.69, 9.17) is 0 Å². The Morgan fingerprint density at radius 2 is 2.00 bits per heavy atom. The van der Waals surface area contributed by atoms with Crippen molar-refractivity contribution in [3.63, 3.8) is 0 Å². The first-order valence-electron chi connectivity index (χ1n) is 10.9. The number of piperazine rings is 1. The van der Waals surface area contributed by atoms with Gasteiger partial charge in [0.25, 0.3) is 0 Å². The summed E-state index contributed by atoms with van der Waals surface area (Å²) in [6.45, 7) is 4.70. The van der Waals surface area contributed by atoms with E-state index in [1.54, 1.807) is 10.6 Å². The van der Waals surface area contributed by atoms with Gasteiger partial charge in [0.05, 0.1) is 23.7 Å². The molecule has 0 radical (unpaired) electrons. The van der Waals surface area contributed by atoms with Gasteiger partial charge in [0.15, 0.2) is 0 Å². The third kappa shape index (κ3) is 4.45. The summed E-state index contributed by atoms with van der Waals surface area (Å²) in [7, 11) is 0. The van der Waals surface area contributed by atoms with Gasteiger partial charge in [0, 0.05) is 50.3 Å². The Labute approximate surface area is 190 Å². The number of nitriles is 1.